The van der Waals surface area contributed by atoms with Crippen LogP contribution in [0, 0.1) is 16.7 Å². The van der Waals surface area contributed by atoms with E-state index in [2.05, 4.69) is 22.6 Å². The molecule has 0 fully saturated rings. The molecule has 1 aliphatic heterocycles. The van der Waals surface area contributed by atoms with Crippen LogP contribution in [-0.2, 0) is 25.8 Å². The average molecular weight is 414 g/mol. The largest absolute Gasteiger partial charge is 0.508 e. The van der Waals surface area contributed by atoms with Gasteiger partial charge in [0.1, 0.15) is 5.75 Å². The van der Waals surface area contributed by atoms with Crippen LogP contribution in [0.3, 0.4) is 0 Å². The molecule has 0 bridgehead atoms. The Kier molecular flexibility index (Phi) is 6.32. The first kappa shape index (κ1) is 20.7. The van der Waals surface area contributed by atoms with E-state index in [0.717, 1.165) is 41.9 Å². The van der Waals surface area contributed by atoms with Crippen LogP contribution in [0.15, 0.2) is 42.6 Å². The number of aromatic nitrogens is 2. The Hall–Kier alpha value is -3.59. The van der Waals surface area contributed by atoms with Gasteiger partial charge in [0, 0.05) is 24.4 Å². The molecule has 1 aromatic heterocycles. The Morgan fingerprint density at radius 3 is 2.61 bits per heavy atom. The van der Waals surface area contributed by atoms with Crippen LogP contribution in [0.2, 0.25) is 0 Å². The van der Waals surface area contributed by atoms with Crippen molar-refractivity contribution in [2.24, 2.45) is 0 Å². The van der Waals surface area contributed by atoms with E-state index in [-0.39, 0.29) is 5.75 Å². The normalized spacial score (nSPS) is 14.3. The molecule has 3 N–H and O–H groups in total. The van der Waals surface area contributed by atoms with Crippen molar-refractivity contribution in [1.82, 2.24) is 9.78 Å². The van der Waals surface area contributed by atoms with Crippen molar-refractivity contribution in [1.29, 1.82) is 10.7 Å². The van der Waals surface area contributed by atoms with E-state index < -0.39 is 0 Å². The highest BCUT2D eigenvalue weighted by molar-refractivity contribution is 5.88. The van der Waals surface area contributed by atoms with Crippen molar-refractivity contribution >= 4 is 17.6 Å². The number of fused-ring (bicyclic) bond motifs is 2. The molecule has 158 valence electrons. The van der Waals surface area contributed by atoms with Gasteiger partial charge in [-0.15, -0.1) is 0 Å². The van der Waals surface area contributed by atoms with E-state index in [9.17, 15) is 5.11 Å². The molecule has 0 radical (unpaired) electrons. The fraction of sp³-hybridized carbons (Fsp3) is 0.320. The molecule has 0 saturated carbocycles. The Morgan fingerprint density at radius 2 is 1.81 bits per heavy atom. The number of anilines is 2. The second kappa shape index (κ2) is 9.48. The topological polar surface area (TPSA) is 97.7 Å². The lowest BCUT2D eigenvalue weighted by Gasteiger charge is -2.16. The number of nitrogens with zero attached hydrogens (tertiary/aromatic N) is 3. The lowest BCUT2D eigenvalue weighted by atomic mass is 9.91. The third-order valence-corrected chi connectivity index (χ3v) is 5.92. The van der Waals surface area contributed by atoms with E-state index in [0.29, 0.717) is 0 Å². The second-order valence-corrected chi connectivity index (χ2v) is 8.03. The fourth-order valence-corrected chi connectivity index (χ4v) is 4.25. The summed E-state index contributed by atoms with van der Waals surface area (Å²) in [6, 6.07) is 13.2. The maximum absolute atomic E-state index is 9.56. The van der Waals surface area contributed by atoms with Gasteiger partial charge in [-0.1, -0.05) is 6.07 Å². The number of phenols is 1. The first-order valence-corrected chi connectivity index (χ1v) is 10.8. The third-order valence-electron chi connectivity index (χ3n) is 5.92. The van der Waals surface area contributed by atoms with Crippen molar-refractivity contribution < 1.29 is 5.11 Å². The third kappa shape index (κ3) is 4.77. The van der Waals surface area contributed by atoms with E-state index in [4.69, 9.17) is 10.7 Å². The highest BCUT2D eigenvalue weighted by Crippen LogP contribution is 2.28. The number of hydrogen-bond acceptors (Lipinski definition) is 5. The minimum absolute atomic E-state index is 0.189. The molecule has 1 aliphatic carbocycles. The van der Waals surface area contributed by atoms with Crippen LogP contribution in [-0.4, -0.2) is 21.1 Å². The lowest BCUT2D eigenvalue weighted by molar-refractivity contribution is 0.475. The molecule has 6 nitrogen and oxygen atoms in total. The zero-order valence-electron chi connectivity index (χ0n) is 17.6. The summed E-state index contributed by atoms with van der Waals surface area (Å²) in [7, 11) is 0. The Bertz CT molecular complexity index is 1130. The van der Waals surface area contributed by atoms with Crippen LogP contribution in [0.1, 0.15) is 53.6 Å². The summed E-state index contributed by atoms with van der Waals surface area (Å²) in [5, 5.41) is 33.3. The molecule has 31 heavy (non-hydrogen) atoms. The van der Waals surface area contributed by atoms with Gasteiger partial charge < -0.3 is 15.8 Å². The standard InChI is InChI=1S/C14H16N4O.C11H11N/c15-8-10-4-5-11(19)7-12(10)17-13-9-16-18-6-2-1-3-14(13)18;12-8-9-5-6-10-3-1-2-4-11(10)7-9/h4-5,7-9,15,17,19H,1-3,6H2;5-7H,1-4H2. The van der Waals surface area contributed by atoms with Crippen molar-refractivity contribution in [3.8, 4) is 11.8 Å². The number of rotatable bonds is 3. The molecule has 0 unspecified atom stereocenters. The van der Waals surface area contributed by atoms with E-state index >= 15 is 0 Å². The first-order chi connectivity index (χ1) is 15.2. The number of nitrogens with one attached hydrogen (secondary N) is 2. The average Bonchev–Trinajstić information content (AvgIpc) is 3.22. The maximum atomic E-state index is 9.56. The molecule has 3 aromatic rings. The molecule has 2 aromatic carbocycles. The molecule has 5 rings (SSSR count). The molecule has 0 amide bonds. The minimum Gasteiger partial charge on any atom is -0.508 e. The maximum Gasteiger partial charge on any atom is 0.117 e. The summed E-state index contributed by atoms with van der Waals surface area (Å²) in [5.74, 6) is 0.189. The zero-order valence-corrected chi connectivity index (χ0v) is 17.6. The molecular weight excluding hydrogens is 386 g/mol. The molecule has 2 heterocycles. The quantitative estimate of drug-likeness (QED) is 0.520. The summed E-state index contributed by atoms with van der Waals surface area (Å²) in [4.78, 5) is 0. The van der Waals surface area contributed by atoms with Gasteiger partial charge in [-0.3, -0.25) is 4.68 Å². The molecule has 0 saturated heterocycles. The van der Waals surface area contributed by atoms with E-state index in [1.807, 2.05) is 23.0 Å². The highest BCUT2D eigenvalue weighted by Gasteiger charge is 2.15. The first-order valence-electron chi connectivity index (χ1n) is 10.8. The predicted octanol–water partition coefficient (Wildman–Crippen LogP) is 5.10. The lowest BCUT2D eigenvalue weighted by Crippen LogP contribution is -2.12. The molecule has 2 aliphatic rings. The van der Waals surface area contributed by atoms with Gasteiger partial charge in [0.05, 0.1) is 34.9 Å². The minimum atomic E-state index is 0.189. The second-order valence-electron chi connectivity index (χ2n) is 8.03. The molecule has 6 heteroatoms. The summed E-state index contributed by atoms with van der Waals surface area (Å²) in [5.41, 5.74) is 7.28. The van der Waals surface area contributed by atoms with Crippen molar-refractivity contribution in [3.05, 3.63) is 70.5 Å². The number of phenolic OH excluding ortho intramolecular Hbond substituents is 1. The Morgan fingerprint density at radius 1 is 1.00 bits per heavy atom. The summed E-state index contributed by atoms with van der Waals surface area (Å²) < 4.78 is 2.03. The Balaban J connectivity index is 0.000000166. The number of nitriles is 1. The number of benzene rings is 2. The van der Waals surface area contributed by atoms with Crippen LogP contribution in [0.25, 0.3) is 0 Å². The van der Waals surface area contributed by atoms with Gasteiger partial charge in [-0.25, -0.2) is 0 Å². The molecule has 0 spiro atoms. The zero-order chi connectivity index (χ0) is 21.6. The van der Waals surface area contributed by atoms with E-state index in [1.54, 1.807) is 18.2 Å². The summed E-state index contributed by atoms with van der Waals surface area (Å²) >= 11 is 0. The van der Waals surface area contributed by atoms with Crippen molar-refractivity contribution in [2.45, 2.75) is 51.5 Å². The monoisotopic (exact) mass is 413 g/mol. The van der Waals surface area contributed by atoms with Crippen LogP contribution >= 0.6 is 0 Å². The summed E-state index contributed by atoms with van der Waals surface area (Å²) in [6.45, 7) is 0.967. The van der Waals surface area contributed by atoms with Crippen LogP contribution < -0.4 is 5.32 Å². The number of hydrogen-bond donors (Lipinski definition) is 3. The van der Waals surface area contributed by atoms with Gasteiger partial charge in [-0.05, 0) is 80.3 Å². The molecular formula is C25H27N5O. The predicted molar refractivity (Wildman–Crippen MR) is 122 cm³/mol. The smallest absolute Gasteiger partial charge is 0.117 e. The number of aromatic hydroxyl groups is 1. The number of aryl methyl sites for hydroxylation is 3. The van der Waals surface area contributed by atoms with Crippen LogP contribution in [0.5, 0.6) is 5.75 Å². The van der Waals surface area contributed by atoms with Gasteiger partial charge in [0.2, 0.25) is 0 Å². The SMILES string of the molecule is N#Cc1ccc2c(c1)CCCC2.N=Cc1ccc(O)cc1Nc1cnn2c1CCCC2. The van der Waals surface area contributed by atoms with Gasteiger partial charge in [0.15, 0.2) is 0 Å². The summed E-state index contributed by atoms with van der Waals surface area (Å²) in [6.07, 6.45) is 11.4. The van der Waals surface area contributed by atoms with Crippen molar-refractivity contribution in [2.75, 3.05) is 5.32 Å². The molecule has 0 atom stereocenters. The fourth-order valence-electron chi connectivity index (χ4n) is 4.25. The van der Waals surface area contributed by atoms with Gasteiger partial charge in [-0.2, -0.15) is 10.4 Å². The highest BCUT2D eigenvalue weighted by atomic mass is 16.3. The van der Waals surface area contributed by atoms with Crippen molar-refractivity contribution in [3.63, 3.8) is 0 Å². The van der Waals surface area contributed by atoms with Gasteiger partial charge >= 0.3 is 0 Å². The van der Waals surface area contributed by atoms with Crippen LogP contribution in [0.4, 0.5) is 11.4 Å². The van der Waals surface area contributed by atoms with Gasteiger partial charge in [0.25, 0.3) is 0 Å². The van der Waals surface area contributed by atoms with E-state index in [1.165, 1.54) is 55.1 Å². The Labute approximate surface area is 182 Å².